The van der Waals surface area contributed by atoms with E-state index < -0.39 is 0 Å². The number of hydrogen-bond donors (Lipinski definition) is 1. The minimum Gasteiger partial charge on any atom is -0.481 e. The third-order valence-electron chi connectivity index (χ3n) is 2.24. The van der Waals surface area contributed by atoms with Crippen molar-refractivity contribution in [2.75, 3.05) is 12.8 Å². The normalized spacial score (nSPS) is 10.4. The van der Waals surface area contributed by atoms with Crippen LogP contribution in [0.3, 0.4) is 0 Å². The van der Waals surface area contributed by atoms with Crippen molar-refractivity contribution in [3.8, 4) is 5.88 Å². The number of aromatic nitrogens is 4. The van der Waals surface area contributed by atoms with Gasteiger partial charge in [0.05, 0.1) is 12.8 Å². The lowest BCUT2D eigenvalue weighted by molar-refractivity contribution is 0.397. The van der Waals surface area contributed by atoms with Crippen molar-refractivity contribution in [3.63, 3.8) is 0 Å². The van der Waals surface area contributed by atoms with Crippen molar-refractivity contribution in [2.24, 2.45) is 7.05 Å². The Morgan fingerprint density at radius 3 is 2.88 bits per heavy atom. The summed E-state index contributed by atoms with van der Waals surface area (Å²) in [5, 5.41) is 0. The van der Waals surface area contributed by atoms with Crippen LogP contribution in [0.4, 0.5) is 5.95 Å². The first kappa shape index (κ1) is 10.4. The second-order valence-corrected chi connectivity index (χ2v) is 3.39. The molecule has 0 bridgehead atoms. The first-order valence-corrected chi connectivity index (χ1v) is 4.82. The van der Waals surface area contributed by atoms with Crippen LogP contribution in [0, 0.1) is 0 Å². The highest BCUT2D eigenvalue weighted by atomic mass is 16.5. The van der Waals surface area contributed by atoms with Crippen LogP contribution in [0.15, 0.2) is 18.5 Å². The van der Waals surface area contributed by atoms with Gasteiger partial charge in [0, 0.05) is 31.9 Å². The van der Waals surface area contributed by atoms with Gasteiger partial charge in [-0.3, -0.25) is 0 Å². The second-order valence-electron chi connectivity index (χ2n) is 3.39. The number of anilines is 1. The molecule has 6 nitrogen and oxygen atoms in total. The molecule has 2 heterocycles. The molecule has 0 saturated carbocycles. The molecule has 2 rings (SSSR count). The van der Waals surface area contributed by atoms with Gasteiger partial charge in [0.2, 0.25) is 11.8 Å². The van der Waals surface area contributed by atoms with E-state index in [-0.39, 0.29) is 5.95 Å². The number of nitrogen functional groups attached to an aromatic ring is 1. The zero-order valence-electron chi connectivity index (χ0n) is 9.21. The predicted molar refractivity (Wildman–Crippen MR) is 59.0 cm³/mol. The minimum absolute atomic E-state index is 0.212. The van der Waals surface area contributed by atoms with Gasteiger partial charge in [-0.05, 0) is 0 Å². The monoisotopic (exact) mass is 219 g/mol. The SMILES string of the molecule is COc1cc(Cc2nccn2C)nc(N)n1. The van der Waals surface area contributed by atoms with E-state index in [1.165, 1.54) is 0 Å². The molecule has 2 N–H and O–H groups in total. The molecule has 0 saturated heterocycles. The second kappa shape index (κ2) is 4.18. The van der Waals surface area contributed by atoms with Gasteiger partial charge in [-0.1, -0.05) is 0 Å². The van der Waals surface area contributed by atoms with Crippen molar-refractivity contribution < 1.29 is 4.74 Å². The van der Waals surface area contributed by atoms with Crippen LogP contribution in [0.25, 0.3) is 0 Å². The Labute approximate surface area is 93.1 Å². The Kier molecular flexibility index (Phi) is 2.72. The number of nitrogens with two attached hydrogens (primary N) is 1. The molecular formula is C10H13N5O. The molecule has 0 fully saturated rings. The van der Waals surface area contributed by atoms with Gasteiger partial charge in [-0.15, -0.1) is 0 Å². The third kappa shape index (κ3) is 2.10. The number of rotatable bonds is 3. The van der Waals surface area contributed by atoms with E-state index in [1.54, 1.807) is 19.4 Å². The van der Waals surface area contributed by atoms with Crippen LogP contribution in [0.1, 0.15) is 11.5 Å². The fourth-order valence-electron chi connectivity index (χ4n) is 1.42. The molecule has 16 heavy (non-hydrogen) atoms. The fraction of sp³-hybridized carbons (Fsp3) is 0.300. The first-order chi connectivity index (χ1) is 7.69. The lowest BCUT2D eigenvalue weighted by Crippen LogP contribution is -2.04. The molecule has 0 aliphatic heterocycles. The summed E-state index contributed by atoms with van der Waals surface area (Å²) in [6, 6.07) is 1.76. The third-order valence-corrected chi connectivity index (χ3v) is 2.24. The molecule has 0 spiro atoms. The zero-order chi connectivity index (χ0) is 11.5. The molecular weight excluding hydrogens is 206 g/mol. The van der Waals surface area contributed by atoms with Gasteiger partial charge in [-0.25, -0.2) is 9.97 Å². The van der Waals surface area contributed by atoms with Crippen LogP contribution in [-0.2, 0) is 13.5 Å². The molecule has 0 radical (unpaired) electrons. The Hall–Kier alpha value is -2.11. The van der Waals surface area contributed by atoms with Crippen molar-refractivity contribution in [3.05, 3.63) is 30.0 Å². The van der Waals surface area contributed by atoms with Crippen molar-refractivity contribution >= 4 is 5.95 Å². The summed E-state index contributed by atoms with van der Waals surface area (Å²) in [4.78, 5) is 12.3. The average molecular weight is 219 g/mol. The summed E-state index contributed by atoms with van der Waals surface area (Å²) in [5.41, 5.74) is 6.36. The van der Waals surface area contributed by atoms with E-state index >= 15 is 0 Å². The highest BCUT2D eigenvalue weighted by Gasteiger charge is 2.06. The highest BCUT2D eigenvalue weighted by molar-refractivity contribution is 5.27. The molecule has 0 amide bonds. The molecule has 84 valence electrons. The zero-order valence-corrected chi connectivity index (χ0v) is 9.21. The lowest BCUT2D eigenvalue weighted by Gasteiger charge is -2.04. The molecule has 0 atom stereocenters. The van der Waals surface area contributed by atoms with Gasteiger partial charge >= 0.3 is 0 Å². The minimum atomic E-state index is 0.212. The summed E-state index contributed by atoms with van der Waals surface area (Å²) >= 11 is 0. The van der Waals surface area contributed by atoms with Crippen molar-refractivity contribution in [1.29, 1.82) is 0 Å². The number of nitrogens with zero attached hydrogens (tertiary/aromatic N) is 4. The number of imidazole rings is 1. The van der Waals surface area contributed by atoms with Crippen LogP contribution < -0.4 is 10.5 Å². The molecule has 6 heteroatoms. The Morgan fingerprint density at radius 1 is 1.44 bits per heavy atom. The summed E-state index contributed by atoms with van der Waals surface area (Å²) in [6.45, 7) is 0. The smallest absolute Gasteiger partial charge is 0.223 e. The van der Waals surface area contributed by atoms with E-state index in [1.807, 2.05) is 17.8 Å². The number of ether oxygens (including phenoxy) is 1. The van der Waals surface area contributed by atoms with E-state index in [2.05, 4.69) is 15.0 Å². The van der Waals surface area contributed by atoms with Gasteiger partial charge in [0.25, 0.3) is 0 Å². The van der Waals surface area contributed by atoms with E-state index in [4.69, 9.17) is 10.5 Å². The largest absolute Gasteiger partial charge is 0.481 e. The van der Waals surface area contributed by atoms with Crippen LogP contribution >= 0.6 is 0 Å². The number of aryl methyl sites for hydroxylation is 1. The molecule has 0 aromatic carbocycles. The van der Waals surface area contributed by atoms with Crippen molar-refractivity contribution in [2.45, 2.75) is 6.42 Å². The fourth-order valence-corrected chi connectivity index (χ4v) is 1.42. The van der Waals surface area contributed by atoms with Gasteiger partial charge in [0.1, 0.15) is 5.82 Å². The van der Waals surface area contributed by atoms with E-state index in [9.17, 15) is 0 Å². The number of methoxy groups -OCH3 is 1. The van der Waals surface area contributed by atoms with E-state index in [0.29, 0.717) is 12.3 Å². The van der Waals surface area contributed by atoms with E-state index in [0.717, 1.165) is 11.5 Å². The maximum Gasteiger partial charge on any atom is 0.223 e. The Morgan fingerprint density at radius 2 is 2.25 bits per heavy atom. The summed E-state index contributed by atoms with van der Waals surface area (Å²) in [7, 11) is 3.48. The molecule has 2 aromatic rings. The van der Waals surface area contributed by atoms with Crippen LogP contribution in [0.2, 0.25) is 0 Å². The highest BCUT2D eigenvalue weighted by Crippen LogP contribution is 2.12. The lowest BCUT2D eigenvalue weighted by atomic mass is 10.3. The first-order valence-electron chi connectivity index (χ1n) is 4.82. The molecule has 0 unspecified atom stereocenters. The van der Waals surface area contributed by atoms with Gasteiger partial charge in [-0.2, -0.15) is 4.98 Å². The van der Waals surface area contributed by atoms with Crippen molar-refractivity contribution in [1.82, 2.24) is 19.5 Å². The standard InChI is InChI=1S/C10H13N5O/c1-15-4-3-12-8(15)5-7-6-9(16-2)14-10(11)13-7/h3-4,6H,5H2,1-2H3,(H2,11,13,14). The summed E-state index contributed by atoms with van der Waals surface area (Å²) in [6.07, 6.45) is 4.24. The molecule has 0 aliphatic rings. The average Bonchev–Trinajstić information content (AvgIpc) is 2.63. The van der Waals surface area contributed by atoms with Gasteiger partial charge < -0.3 is 15.0 Å². The predicted octanol–water partition coefficient (Wildman–Crippen LogP) is 0.392. The Balaban J connectivity index is 2.28. The van der Waals surface area contributed by atoms with Crippen LogP contribution in [-0.4, -0.2) is 26.6 Å². The molecule has 0 aliphatic carbocycles. The summed E-state index contributed by atoms with van der Waals surface area (Å²) < 4.78 is 6.96. The maximum absolute atomic E-state index is 5.57. The van der Waals surface area contributed by atoms with Gasteiger partial charge in [0.15, 0.2) is 0 Å². The Bertz CT molecular complexity index is 494. The summed E-state index contributed by atoms with van der Waals surface area (Å²) in [5.74, 6) is 1.60. The molecule has 2 aromatic heterocycles. The van der Waals surface area contributed by atoms with Crippen LogP contribution in [0.5, 0.6) is 5.88 Å². The number of hydrogen-bond acceptors (Lipinski definition) is 5. The quantitative estimate of drug-likeness (QED) is 0.808. The maximum atomic E-state index is 5.57. The topological polar surface area (TPSA) is 78.8 Å².